The van der Waals surface area contributed by atoms with Crippen LogP contribution in [0, 0.1) is 6.92 Å². The fourth-order valence-corrected chi connectivity index (χ4v) is 2.06. The molecule has 0 fully saturated rings. The largest absolute Gasteiger partial charge is 0.318 e. The van der Waals surface area contributed by atoms with Crippen LogP contribution in [0.4, 0.5) is 11.5 Å². The second-order valence-electron chi connectivity index (χ2n) is 4.36. The van der Waals surface area contributed by atoms with Gasteiger partial charge in [-0.1, -0.05) is 12.1 Å². The van der Waals surface area contributed by atoms with Crippen LogP contribution in [-0.2, 0) is 9.59 Å². The van der Waals surface area contributed by atoms with Gasteiger partial charge in [0.25, 0.3) is 0 Å². The lowest BCUT2D eigenvalue weighted by atomic mass is 10.3. The fraction of sp³-hybridized carbons (Fsp3) is 0.133. The smallest absolute Gasteiger partial charge is 0.315 e. The minimum Gasteiger partial charge on any atom is -0.318 e. The molecule has 0 aliphatic heterocycles. The van der Waals surface area contributed by atoms with Crippen LogP contribution in [0.5, 0.6) is 0 Å². The summed E-state index contributed by atoms with van der Waals surface area (Å²) >= 11 is 1.56. The van der Waals surface area contributed by atoms with Crippen LogP contribution in [0.2, 0.25) is 0 Å². The highest BCUT2D eigenvalue weighted by Gasteiger charge is 2.14. The van der Waals surface area contributed by atoms with Crippen molar-refractivity contribution in [2.24, 2.45) is 0 Å². The molecule has 1 aromatic carbocycles. The Morgan fingerprint density at radius 1 is 1.10 bits per heavy atom. The number of carbonyl (C=O) groups is 2. The highest BCUT2D eigenvalue weighted by molar-refractivity contribution is 7.98. The molecule has 1 aromatic heterocycles. The normalized spacial score (nSPS) is 10.0. The van der Waals surface area contributed by atoms with Gasteiger partial charge in [-0.05, 0) is 43.0 Å². The Hall–Kier alpha value is -2.34. The van der Waals surface area contributed by atoms with Crippen LogP contribution in [0.25, 0.3) is 0 Å². The summed E-state index contributed by atoms with van der Waals surface area (Å²) in [6.45, 7) is 1.89. The van der Waals surface area contributed by atoms with Crippen LogP contribution in [-0.4, -0.2) is 23.1 Å². The quantitative estimate of drug-likeness (QED) is 0.675. The van der Waals surface area contributed by atoms with Crippen molar-refractivity contribution in [1.29, 1.82) is 0 Å². The Balaban J connectivity index is 1.99. The van der Waals surface area contributed by atoms with Crippen molar-refractivity contribution in [2.45, 2.75) is 11.8 Å². The lowest BCUT2D eigenvalue weighted by Crippen LogP contribution is -2.29. The van der Waals surface area contributed by atoms with Crippen LogP contribution in [0.15, 0.2) is 47.5 Å². The number of pyridine rings is 1. The van der Waals surface area contributed by atoms with E-state index in [-0.39, 0.29) is 0 Å². The van der Waals surface area contributed by atoms with E-state index in [0.29, 0.717) is 11.5 Å². The molecule has 0 aliphatic carbocycles. The number of amides is 2. The second kappa shape index (κ2) is 6.90. The monoisotopic (exact) mass is 301 g/mol. The van der Waals surface area contributed by atoms with Crippen LogP contribution < -0.4 is 10.6 Å². The average Bonchev–Trinajstić information content (AvgIpc) is 2.49. The van der Waals surface area contributed by atoms with Crippen LogP contribution in [0.3, 0.4) is 0 Å². The number of benzene rings is 1. The first-order valence-corrected chi connectivity index (χ1v) is 7.50. The van der Waals surface area contributed by atoms with E-state index in [4.69, 9.17) is 0 Å². The predicted octanol–water partition coefficient (Wildman–Crippen LogP) is 2.69. The average molecular weight is 301 g/mol. The maximum atomic E-state index is 11.8. The number of aryl methyl sites for hydroxylation is 1. The SMILES string of the molecule is CSc1cccc(NC(=O)C(=O)Nc2ccc(C)cn2)c1. The van der Waals surface area contributed by atoms with E-state index in [9.17, 15) is 9.59 Å². The molecule has 0 atom stereocenters. The van der Waals surface area contributed by atoms with E-state index in [0.717, 1.165) is 10.5 Å². The summed E-state index contributed by atoms with van der Waals surface area (Å²) in [5, 5.41) is 5.01. The zero-order chi connectivity index (χ0) is 15.2. The Morgan fingerprint density at radius 2 is 1.86 bits per heavy atom. The molecule has 2 aromatic rings. The summed E-state index contributed by atoms with van der Waals surface area (Å²) in [6, 6.07) is 10.7. The van der Waals surface area contributed by atoms with E-state index in [1.807, 2.05) is 31.4 Å². The summed E-state index contributed by atoms with van der Waals surface area (Å²) in [7, 11) is 0. The number of carbonyl (C=O) groups excluding carboxylic acids is 2. The van der Waals surface area contributed by atoms with Gasteiger partial charge in [-0.25, -0.2) is 4.98 Å². The molecule has 0 saturated carbocycles. The summed E-state index contributed by atoms with van der Waals surface area (Å²) in [5.41, 5.74) is 1.56. The molecule has 0 aliphatic rings. The van der Waals surface area contributed by atoms with Gasteiger partial charge in [0.1, 0.15) is 5.82 Å². The minimum absolute atomic E-state index is 0.346. The first-order valence-electron chi connectivity index (χ1n) is 6.27. The highest BCUT2D eigenvalue weighted by Crippen LogP contribution is 2.18. The summed E-state index contributed by atoms with van der Waals surface area (Å²) in [6.07, 6.45) is 3.56. The molecule has 0 saturated heterocycles. The van der Waals surface area contributed by atoms with E-state index in [1.165, 1.54) is 0 Å². The summed E-state index contributed by atoms with van der Waals surface area (Å²) in [4.78, 5) is 28.6. The van der Waals surface area contributed by atoms with Gasteiger partial charge in [0.2, 0.25) is 0 Å². The first-order chi connectivity index (χ1) is 10.1. The number of nitrogens with zero attached hydrogens (tertiary/aromatic N) is 1. The van der Waals surface area contributed by atoms with Gasteiger partial charge in [0.05, 0.1) is 0 Å². The number of hydrogen-bond acceptors (Lipinski definition) is 4. The number of nitrogens with one attached hydrogen (secondary N) is 2. The third-order valence-electron chi connectivity index (χ3n) is 2.69. The Kier molecular flexibility index (Phi) is 4.94. The number of aromatic nitrogens is 1. The summed E-state index contributed by atoms with van der Waals surface area (Å²) in [5.74, 6) is -1.13. The molecular formula is C15H15N3O2S. The van der Waals surface area contributed by atoms with Crippen molar-refractivity contribution >= 4 is 35.1 Å². The summed E-state index contributed by atoms with van der Waals surface area (Å²) < 4.78 is 0. The van der Waals surface area contributed by atoms with Gasteiger partial charge in [0.15, 0.2) is 0 Å². The molecule has 5 nitrogen and oxygen atoms in total. The standard InChI is InChI=1S/C15H15N3O2S/c1-10-6-7-13(16-9-10)18-15(20)14(19)17-11-4-3-5-12(8-11)21-2/h3-9H,1-2H3,(H,17,19)(H,16,18,20). The highest BCUT2D eigenvalue weighted by atomic mass is 32.2. The number of hydrogen-bond donors (Lipinski definition) is 2. The molecule has 0 radical (unpaired) electrons. The third kappa shape index (κ3) is 4.32. The molecular weight excluding hydrogens is 286 g/mol. The number of thioether (sulfide) groups is 1. The lowest BCUT2D eigenvalue weighted by Gasteiger charge is -2.07. The van der Waals surface area contributed by atoms with Crippen molar-refractivity contribution < 1.29 is 9.59 Å². The molecule has 2 N–H and O–H groups in total. The third-order valence-corrected chi connectivity index (χ3v) is 3.41. The molecule has 6 heteroatoms. The predicted molar refractivity (Wildman–Crippen MR) is 84.5 cm³/mol. The zero-order valence-corrected chi connectivity index (χ0v) is 12.5. The van der Waals surface area contributed by atoms with E-state index in [2.05, 4.69) is 15.6 Å². The second-order valence-corrected chi connectivity index (χ2v) is 5.24. The van der Waals surface area contributed by atoms with Gasteiger partial charge in [-0.2, -0.15) is 0 Å². The molecule has 2 rings (SSSR count). The Morgan fingerprint density at radius 3 is 2.52 bits per heavy atom. The van der Waals surface area contributed by atoms with Crippen LogP contribution >= 0.6 is 11.8 Å². The number of anilines is 2. The Labute approximate surface area is 127 Å². The topological polar surface area (TPSA) is 71.1 Å². The van der Waals surface area contributed by atoms with Crippen molar-refractivity contribution in [3.8, 4) is 0 Å². The number of rotatable bonds is 3. The van der Waals surface area contributed by atoms with Gasteiger partial charge in [-0.15, -0.1) is 11.8 Å². The molecule has 108 valence electrons. The van der Waals surface area contributed by atoms with E-state index >= 15 is 0 Å². The lowest BCUT2D eigenvalue weighted by molar-refractivity contribution is -0.133. The van der Waals surface area contributed by atoms with E-state index in [1.54, 1.807) is 36.2 Å². The molecule has 2 amide bonds. The van der Waals surface area contributed by atoms with Gasteiger partial charge in [-0.3, -0.25) is 9.59 Å². The molecule has 1 heterocycles. The first kappa shape index (κ1) is 15.1. The van der Waals surface area contributed by atoms with Crippen molar-refractivity contribution in [3.05, 3.63) is 48.2 Å². The van der Waals surface area contributed by atoms with Crippen LogP contribution in [0.1, 0.15) is 5.56 Å². The fourth-order valence-electron chi connectivity index (χ4n) is 1.60. The van der Waals surface area contributed by atoms with Crippen molar-refractivity contribution in [3.63, 3.8) is 0 Å². The van der Waals surface area contributed by atoms with Crippen molar-refractivity contribution in [2.75, 3.05) is 16.9 Å². The molecule has 0 unspecified atom stereocenters. The minimum atomic E-state index is -0.749. The maximum absolute atomic E-state index is 11.8. The molecule has 0 bridgehead atoms. The van der Waals surface area contributed by atoms with Gasteiger partial charge >= 0.3 is 11.8 Å². The maximum Gasteiger partial charge on any atom is 0.315 e. The molecule has 21 heavy (non-hydrogen) atoms. The molecule has 0 spiro atoms. The van der Waals surface area contributed by atoms with Gasteiger partial charge < -0.3 is 10.6 Å². The van der Waals surface area contributed by atoms with Gasteiger partial charge in [0, 0.05) is 16.8 Å². The zero-order valence-electron chi connectivity index (χ0n) is 11.7. The van der Waals surface area contributed by atoms with Crippen molar-refractivity contribution in [1.82, 2.24) is 4.98 Å². The van der Waals surface area contributed by atoms with E-state index < -0.39 is 11.8 Å². The Bertz CT molecular complexity index is 656.